The Kier molecular flexibility index (Phi) is 6.68. The van der Waals surface area contributed by atoms with Crippen LogP contribution in [0.2, 0.25) is 0 Å². The van der Waals surface area contributed by atoms with Gasteiger partial charge >= 0.3 is 0 Å². The number of ether oxygens (including phenoxy) is 2. The highest BCUT2D eigenvalue weighted by Gasteiger charge is 2.09. The predicted molar refractivity (Wildman–Crippen MR) is 112 cm³/mol. The van der Waals surface area contributed by atoms with Crippen molar-refractivity contribution in [3.05, 3.63) is 90.0 Å². The lowest BCUT2D eigenvalue weighted by atomic mass is 10.2. The number of amides is 1. The number of hydrogen-bond acceptors (Lipinski definition) is 3. The lowest BCUT2D eigenvalue weighted by molar-refractivity contribution is 0.102. The molecule has 144 valence electrons. The first-order valence-corrected chi connectivity index (χ1v) is 9.49. The van der Waals surface area contributed by atoms with E-state index in [1.807, 2.05) is 73.7 Å². The van der Waals surface area contributed by atoms with E-state index in [0.717, 1.165) is 17.7 Å². The van der Waals surface area contributed by atoms with Crippen molar-refractivity contribution >= 4 is 11.6 Å². The molecule has 0 aliphatic heterocycles. The minimum atomic E-state index is -0.174. The van der Waals surface area contributed by atoms with E-state index < -0.39 is 0 Å². The monoisotopic (exact) mass is 375 g/mol. The fourth-order valence-electron chi connectivity index (χ4n) is 2.60. The van der Waals surface area contributed by atoms with Crippen LogP contribution in [0.25, 0.3) is 0 Å². The van der Waals surface area contributed by atoms with Gasteiger partial charge in [-0.25, -0.2) is 0 Å². The number of carbonyl (C=O) groups excluding carboxylic acids is 1. The number of benzene rings is 3. The van der Waals surface area contributed by atoms with E-state index in [0.29, 0.717) is 23.6 Å². The Balaban J connectivity index is 1.57. The zero-order chi connectivity index (χ0) is 19.8. The minimum Gasteiger partial charge on any atom is -0.491 e. The van der Waals surface area contributed by atoms with E-state index >= 15 is 0 Å². The average molecular weight is 375 g/mol. The largest absolute Gasteiger partial charge is 0.491 e. The third kappa shape index (κ3) is 5.61. The van der Waals surface area contributed by atoms with Crippen LogP contribution in [0.3, 0.4) is 0 Å². The van der Waals surface area contributed by atoms with Crippen molar-refractivity contribution in [2.75, 3.05) is 5.32 Å². The van der Waals surface area contributed by atoms with E-state index in [4.69, 9.17) is 9.47 Å². The molecule has 4 heteroatoms. The highest BCUT2D eigenvalue weighted by atomic mass is 16.5. The molecule has 0 aromatic heterocycles. The van der Waals surface area contributed by atoms with Crippen molar-refractivity contribution in [1.29, 1.82) is 0 Å². The van der Waals surface area contributed by atoms with E-state index in [-0.39, 0.29) is 12.0 Å². The highest BCUT2D eigenvalue weighted by Crippen LogP contribution is 2.20. The maximum atomic E-state index is 12.5. The van der Waals surface area contributed by atoms with Crippen LogP contribution in [0.1, 0.15) is 36.2 Å². The van der Waals surface area contributed by atoms with Gasteiger partial charge in [-0.15, -0.1) is 0 Å². The maximum absolute atomic E-state index is 12.5. The molecule has 0 fully saturated rings. The third-order valence-corrected chi connectivity index (χ3v) is 4.37. The van der Waals surface area contributed by atoms with Gasteiger partial charge in [0.25, 0.3) is 5.91 Å². The Morgan fingerprint density at radius 1 is 0.929 bits per heavy atom. The summed E-state index contributed by atoms with van der Waals surface area (Å²) >= 11 is 0. The summed E-state index contributed by atoms with van der Waals surface area (Å²) in [6, 6.07) is 24.6. The molecule has 28 heavy (non-hydrogen) atoms. The van der Waals surface area contributed by atoms with Crippen LogP contribution in [-0.4, -0.2) is 12.0 Å². The quantitative estimate of drug-likeness (QED) is 0.550. The topological polar surface area (TPSA) is 47.6 Å². The maximum Gasteiger partial charge on any atom is 0.255 e. The molecule has 1 atom stereocenters. The third-order valence-electron chi connectivity index (χ3n) is 4.37. The lowest BCUT2D eigenvalue weighted by Crippen LogP contribution is -2.13. The molecule has 1 N–H and O–H groups in total. The van der Waals surface area contributed by atoms with Gasteiger partial charge in [0.2, 0.25) is 0 Å². The van der Waals surface area contributed by atoms with Gasteiger partial charge in [0, 0.05) is 11.3 Å². The first-order valence-electron chi connectivity index (χ1n) is 9.49. The Bertz CT molecular complexity index is 891. The summed E-state index contributed by atoms with van der Waals surface area (Å²) in [4.78, 5) is 12.5. The average Bonchev–Trinajstić information content (AvgIpc) is 2.74. The molecule has 3 aromatic carbocycles. The fraction of sp³-hybridized carbons (Fsp3) is 0.208. The van der Waals surface area contributed by atoms with Gasteiger partial charge in [0.1, 0.15) is 18.1 Å². The van der Waals surface area contributed by atoms with Crippen LogP contribution in [0.5, 0.6) is 11.5 Å². The highest BCUT2D eigenvalue weighted by molar-refractivity contribution is 6.04. The Labute approximate surface area is 166 Å². The van der Waals surface area contributed by atoms with Gasteiger partial charge in [-0.1, -0.05) is 43.3 Å². The molecule has 0 saturated heterocycles. The molecule has 0 aliphatic rings. The van der Waals surface area contributed by atoms with Crippen molar-refractivity contribution in [3.8, 4) is 11.5 Å². The van der Waals surface area contributed by atoms with Crippen molar-refractivity contribution in [2.24, 2.45) is 0 Å². The molecule has 0 heterocycles. The molecule has 0 bridgehead atoms. The molecule has 3 aromatic rings. The first kappa shape index (κ1) is 19.5. The molecule has 0 saturated carbocycles. The molecule has 3 rings (SSSR count). The van der Waals surface area contributed by atoms with Crippen LogP contribution >= 0.6 is 0 Å². The van der Waals surface area contributed by atoms with E-state index in [2.05, 4.69) is 12.2 Å². The van der Waals surface area contributed by atoms with Crippen molar-refractivity contribution in [3.63, 3.8) is 0 Å². The summed E-state index contributed by atoms with van der Waals surface area (Å²) in [6.07, 6.45) is 1.02. The van der Waals surface area contributed by atoms with Crippen LogP contribution in [0, 0.1) is 0 Å². The van der Waals surface area contributed by atoms with Crippen molar-refractivity contribution in [1.82, 2.24) is 0 Å². The van der Waals surface area contributed by atoms with Crippen LogP contribution in [0.4, 0.5) is 5.69 Å². The van der Waals surface area contributed by atoms with E-state index in [1.54, 1.807) is 12.1 Å². The Morgan fingerprint density at radius 2 is 1.68 bits per heavy atom. The van der Waals surface area contributed by atoms with Gasteiger partial charge in [0.15, 0.2) is 0 Å². The summed E-state index contributed by atoms with van der Waals surface area (Å²) in [6.45, 7) is 4.58. The molecule has 0 radical (unpaired) electrons. The summed E-state index contributed by atoms with van der Waals surface area (Å²) in [5.74, 6) is 1.28. The fourth-order valence-corrected chi connectivity index (χ4v) is 2.60. The Morgan fingerprint density at radius 3 is 2.39 bits per heavy atom. The second kappa shape index (κ2) is 9.60. The van der Waals surface area contributed by atoms with E-state index in [1.165, 1.54) is 0 Å². The van der Waals surface area contributed by atoms with Gasteiger partial charge in [0.05, 0.1) is 6.10 Å². The van der Waals surface area contributed by atoms with E-state index in [9.17, 15) is 4.79 Å². The van der Waals surface area contributed by atoms with Gasteiger partial charge < -0.3 is 14.8 Å². The SMILES string of the molecule is CCC(C)Oc1cccc(C(=O)Nc2ccc(OCc3ccccc3)cc2)c1. The number of anilines is 1. The zero-order valence-electron chi connectivity index (χ0n) is 16.2. The summed E-state index contributed by atoms with van der Waals surface area (Å²) in [7, 11) is 0. The molecule has 1 unspecified atom stereocenters. The van der Waals surface area contributed by atoms with Gasteiger partial charge in [-0.3, -0.25) is 4.79 Å². The summed E-state index contributed by atoms with van der Waals surface area (Å²) < 4.78 is 11.6. The number of rotatable bonds is 8. The normalized spacial score (nSPS) is 11.5. The smallest absolute Gasteiger partial charge is 0.255 e. The van der Waals surface area contributed by atoms with Crippen molar-refractivity contribution in [2.45, 2.75) is 33.0 Å². The summed E-state index contributed by atoms with van der Waals surface area (Å²) in [5.41, 5.74) is 2.38. The number of carbonyl (C=O) groups is 1. The Hall–Kier alpha value is -3.27. The zero-order valence-corrected chi connectivity index (χ0v) is 16.2. The van der Waals surface area contributed by atoms with Crippen molar-refractivity contribution < 1.29 is 14.3 Å². The minimum absolute atomic E-state index is 0.113. The number of nitrogens with one attached hydrogen (secondary N) is 1. The van der Waals surface area contributed by atoms with Gasteiger partial charge in [-0.2, -0.15) is 0 Å². The molecular weight excluding hydrogens is 350 g/mol. The number of hydrogen-bond donors (Lipinski definition) is 1. The molecular formula is C24H25NO3. The molecule has 1 amide bonds. The van der Waals surface area contributed by atoms with Gasteiger partial charge in [-0.05, 0) is 61.4 Å². The second-order valence-corrected chi connectivity index (χ2v) is 6.62. The molecule has 0 aliphatic carbocycles. The lowest BCUT2D eigenvalue weighted by Gasteiger charge is -2.13. The standard InChI is InChI=1S/C24H25NO3/c1-3-18(2)28-23-11-7-10-20(16-23)24(26)25-21-12-14-22(15-13-21)27-17-19-8-5-4-6-9-19/h4-16,18H,3,17H2,1-2H3,(H,25,26). The summed E-state index contributed by atoms with van der Waals surface area (Å²) in [5, 5.41) is 2.90. The predicted octanol–water partition coefficient (Wildman–Crippen LogP) is 5.70. The molecule has 0 spiro atoms. The second-order valence-electron chi connectivity index (χ2n) is 6.62. The molecule has 4 nitrogen and oxygen atoms in total. The van der Waals surface area contributed by atoms with Crippen LogP contribution in [0.15, 0.2) is 78.9 Å². The van der Waals surface area contributed by atoms with Crippen LogP contribution in [-0.2, 0) is 6.61 Å². The van der Waals surface area contributed by atoms with Crippen LogP contribution < -0.4 is 14.8 Å². The first-order chi connectivity index (χ1) is 13.6.